The summed E-state index contributed by atoms with van der Waals surface area (Å²) >= 11 is 1.31. The van der Waals surface area contributed by atoms with E-state index >= 15 is 0 Å². The molecule has 1 saturated heterocycles. The summed E-state index contributed by atoms with van der Waals surface area (Å²) in [5.41, 5.74) is 3.10. The van der Waals surface area contributed by atoms with Gasteiger partial charge in [-0.1, -0.05) is 17.8 Å². The molecule has 4 rings (SSSR count). The van der Waals surface area contributed by atoms with Gasteiger partial charge in [0.2, 0.25) is 5.91 Å². The summed E-state index contributed by atoms with van der Waals surface area (Å²) in [6.45, 7) is 5.27. The minimum atomic E-state index is -0.190. The minimum absolute atomic E-state index is 0.111. The predicted molar refractivity (Wildman–Crippen MR) is 110 cm³/mol. The molecule has 9 heteroatoms. The molecule has 1 aliphatic heterocycles. The molecule has 1 fully saturated rings. The van der Waals surface area contributed by atoms with Gasteiger partial charge in [-0.2, -0.15) is 5.26 Å². The van der Waals surface area contributed by atoms with Gasteiger partial charge in [0.1, 0.15) is 11.9 Å². The van der Waals surface area contributed by atoms with Crippen molar-refractivity contribution in [2.45, 2.75) is 44.5 Å². The number of rotatable bonds is 6. The van der Waals surface area contributed by atoms with Crippen molar-refractivity contribution in [1.29, 1.82) is 5.26 Å². The van der Waals surface area contributed by atoms with Crippen LogP contribution in [0.5, 0.6) is 0 Å². The second kappa shape index (κ2) is 8.27. The van der Waals surface area contributed by atoms with E-state index in [1.165, 1.54) is 11.8 Å². The van der Waals surface area contributed by atoms with Crippen LogP contribution in [0, 0.1) is 25.2 Å². The number of carbonyl (C=O) groups excluding carboxylic acids is 1. The molecule has 150 valence electrons. The number of amides is 1. The number of nitrogens with zero attached hydrogens (tertiary/aromatic N) is 5. The van der Waals surface area contributed by atoms with E-state index in [-0.39, 0.29) is 17.8 Å². The fourth-order valence-electron chi connectivity index (χ4n) is 3.57. The van der Waals surface area contributed by atoms with Gasteiger partial charge in [0.05, 0.1) is 24.0 Å². The summed E-state index contributed by atoms with van der Waals surface area (Å²) in [5.74, 6) is 0.531. The third kappa shape index (κ3) is 3.86. The number of fused-ring (bicyclic) bond motifs is 1. The largest absolute Gasteiger partial charge is 0.376 e. The van der Waals surface area contributed by atoms with Gasteiger partial charge >= 0.3 is 0 Å². The number of hydrogen-bond acceptors (Lipinski definition) is 6. The smallest absolute Gasteiger partial charge is 0.235 e. The van der Waals surface area contributed by atoms with Gasteiger partial charge in [-0.15, -0.1) is 10.2 Å². The lowest BCUT2D eigenvalue weighted by molar-refractivity contribution is -0.113. The van der Waals surface area contributed by atoms with Crippen molar-refractivity contribution in [3.63, 3.8) is 0 Å². The third-order valence-corrected chi connectivity index (χ3v) is 6.17. The Kier molecular flexibility index (Phi) is 5.56. The van der Waals surface area contributed by atoms with Crippen LogP contribution in [0.2, 0.25) is 0 Å². The highest BCUT2D eigenvalue weighted by Gasteiger charge is 2.24. The number of pyridine rings is 1. The Morgan fingerprint density at radius 3 is 3.03 bits per heavy atom. The first kappa shape index (κ1) is 19.5. The van der Waals surface area contributed by atoms with Crippen molar-refractivity contribution >= 4 is 29.1 Å². The molecule has 3 aromatic rings. The van der Waals surface area contributed by atoms with Crippen LogP contribution in [0.3, 0.4) is 0 Å². The molecule has 0 aromatic carbocycles. The molecule has 0 radical (unpaired) electrons. The second-order valence-corrected chi connectivity index (χ2v) is 7.98. The number of nitriles is 1. The molecular weight excluding hydrogens is 388 g/mol. The molecule has 3 aromatic heterocycles. The van der Waals surface area contributed by atoms with E-state index in [1.807, 2.05) is 47.2 Å². The molecule has 0 aliphatic carbocycles. The number of carbonyl (C=O) groups is 1. The highest BCUT2D eigenvalue weighted by Crippen LogP contribution is 2.29. The highest BCUT2D eigenvalue weighted by molar-refractivity contribution is 7.99. The fourth-order valence-corrected chi connectivity index (χ4v) is 4.29. The summed E-state index contributed by atoms with van der Waals surface area (Å²) in [7, 11) is 0. The van der Waals surface area contributed by atoms with Gasteiger partial charge < -0.3 is 14.6 Å². The lowest BCUT2D eigenvalue weighted by Crippen LogP contribution is -2.22. The number of hydrogen-bond donors (Lipinski definition) is 1. The maximum Gasteiger partial charge on any atom is 0.235 e. The third-order valence-electron chi connectivity index (χ3n) is 5.22. The molecular formula is C20H22N6O2S. The average Bonchev–Trinajstić information content (AvgIpc) is 3.43. The van der Waals surface area contributed by atoms with Crippen LogP contribution in [-0.2, 0) is 16.1 Å². The van der Waals surface area contributed by atoms with Gasteiger partial charge in [0, 0.05) is 18.5 Å². The Bertz CT molecular complexity index is 1090. The molecule has 4 heterocycles. The Hall–Kier alpha value is -2.83. The van der Waals surface area contributed by atoms with Gasteiger partial charge in [-0.05, 0) is 44.4 Å². The summed E-state index contributed by atoms with van der Waals surface area (Å²) in [5, 5.41) is 21.5. The fraction of sp³-hybridized carbons (Fsp3) is 0.400. The Morgan fingerprint density at radius 1 is 1.41 bits per heavy atom. The zero-order valence-corrected chi connectivity index (χ0v) is 17.2. The molecule has 0 bridgehead atoms. The van der Waals surface area contributed by atoms with Gasteiger partial charge in [-0.3, -0.25) is 9.20 Å². The molecule has 1 atom stereocenters. The Morgan fingerprint density at radius 2 is 2.28 bits per heavy atom. The first-order valence-corrected chi connectivity index (χ1v) is 10.5. The van der Waals surface area contributed by atoms with Crippen LogP contribution >= 0.6 is 11.8 Å². The first-order chi connectivity index (χ1) is 14.1. The van der Waals surface area contributed by atoms with E-state index in [0.29, 0.717) is 23.1 Å². The van der Waals surface area contributed by atoms with Gasteiger partial charge in [-0.25, -0.2) is 0 Å². The molecule has 8 nitrogen and oxygen atoms in total. The standard InChI is InChI=1S/C20H22N6O2S/c1-13-14(2)26(11-15-6-5-9-28-15)19(16(13)10-21)22-18(27)12-29-20-24-23-17-7-3-4-8-25(17)20/h3-4,7-8,15H,5-6,9,11-12H2,1-2H3,(H,22,27). The maximum atomic E-state index is 12.7. The van der Waals surface area contributed by atoms with Crippen molar-refractivity contribution in [3.8, 4) is 6.07 Å². The van der Waals surface area contributed by atoms with E-state index < -0.39 is 0 Å². The number of anilines is 1. The average molecular weight is 411 g/mol. The highest BCUT2D eigenvalue weighted by atomic mass is 32.2. The van der Waals surface area contributed by atoms with Crippen LogP contribution < -0.4 is 5.32 Å². The monoisotopic (exact) mass is 410 g/mol. The van der Waals surface area contributed by atoms with Crippen molar-refractivity contribution in [3.05, 3.63) is 41.2 Å². The van der Waals surface area contributed by atoms with Crippen LogP contribution in [-0.4, -0.2) is 43.5 Å². The molecule has 1 unspecified atom stereocenters. The maximum absolute atomic E-state index is 12.7. The van der Waals surface area contributed by atoms with E-state index in [0.717, 1.165) is 36.4 Å². The predicted octanol–water partition coefficient (Wildman–Crippen LogP) is 2.93. The van der Waals surface area contributed by atoms with Crippen molar-refractivity contribution < 1.29 is 9.53 Å². The second-order valence-electron chi connectivity index (χ2n) is 7.04. The van der Waals surface area contributed by atoms with Crippen LogP contribution in [0.4, 0.5) is 5.82 Å². The first-order valence-electron chi connectivity index (χ1n) is 9.52. The molecule has 29 heavy (non-hydrogen) atoms. The minimum Gasteiger partial charge on any atom is -0.376 e. The quantitative estimate of drug-likeness (QED) is 0.628. The van der Waals surface area contributed by atoms with E-state index in [2.05, 4.69) is 21.6 Å². The zero-order chi connectivity index (χ0) is 20.4. The summed E-state index contributed by atoms with van der Waals surface area (Å²) in [6.07, 6.45) is 4.00. The SMILES string of the molecule is Cc1c(C#N)c(NC(=O)CSc2nnc3ccccn23)n(CC2CCCO2)c1C. The lowest BCUT2D eigenvalue weighted by atomic mass is 10.2. The van der Waals surface area contributed by atoms with Crippen molar-refractivity contribution in [2.24, 2.45) is 0 Å². The van der Waals surface area contributed by atoms with Gasteiger partial charge in [0.15, 0.2) is 10.8 Å². The molecule has 1 N–H and O–H groups in total. The number of nitrogens with one attached hydrogen (secondary N) is 1. The van der Waals surface area contributed by atoms with E-state index in [1.54, 1.807) is 0 Å². The molecule has 0 spiro atoms. The van der Waals surface area contributed by atoms with Gasteiger partial charge in [0.25, 0.3) is 0 Å². The number of thioether (sulfide) groups is 1. The molecule has 0 saturated carbocycles. The summed E-state index contributed by atoms with van der Waals surface area (Å²) < 4.78 is 9.59. The van der Waals surface area contributed by atoms with Crippen LogP contribution in [0.15, 0.2) is 29.6 Å². The number of ether oxygens (including phenoxy) is 1. The van der Waals surface area contributed by atoms with Crippen molar-refractivity contribution in [1.82, 2.24) is 19.2 Å². The molecule has 1 aliphatic rings. The Balaban J connectivity index is 1.51. The lowest BCUT2D eigenvalue weighted by Gasteiger charge is -2.16. The van der Waals surface area contributed by atoms with E-state index in [9.17, 15) is 10.1 Å². The topological polar surface area (TPSA) is 97.2 Å². The van der Waals surface area contributed by atoms with E-state index in [4.69, 9.17) is 4.74 Å². The summed E-state index contributed by atoms with van der Waals surface area (Å²) in [4.78, 5) is 12.7. The Labute approximate surface area is 172 Å². The normalized spacial score (nSPS) is 16.2. The zero-order valence-electron chi connectivity index (χ0n) is 16.4. The van der Waals surface area contributed by atoms with Crippen LogP contribution in [0.25, 0.3) is 5.65 Å². The van der Waals surface area contributed by atoms with Crippen LogP contribution in [0.1, 0.15) is 29.7 Å². The number of aromatic nitrogens is 4. The summed E-state index contributed by atoms with van der Waals surface area (Å²) in [6, 6.07) is 7.88. The van der Waals surface area contributed by atoms with Crippen molar-refractivity contribution in [2.75, 3.05) is 17.7 Å². The molecule has 1 amide bonds.